The fourth-order valence-electron chi connectivity index (χ4n) is 3.59. The number of carboxylic acid groups (broad SMARTS) is 1. The summed E-state index contributed by atoms with van der Waals surface area (Å²) in [7, 11) is 0. The minimum Gasteiger partial charge on any atom is -0.483 e. The molecule has 1 N–H and O–H groups in total. The van der Waals surface area contributed by atoms with Gasteiger partial charge in [0.15, 0.2) is 0 Å². The maximum absolute atomic E-state index is 11.2. The molecule has 1 amide bonds. The summed E-state index contributed by atoms with van der Waals surface area (Å²) in [5.74, 6) is 1.48. The van der Waals surface area contributed by atoms with Gasteiger partial charge in [-0.15, -0.1) is 0 Å². The number of rotatable bonds is 1. The number of hydrogen-bond acceptors (Lipinski definition) is 3. The van der Waals surface area contributed by atoms with Gasteiger partial charge in [-0.2, -0.15) is 0 Å². The van der Waals surface area contributed by atoms with Crippen molar-refractivity contribution >= 4 is 6.09 Å². The highest BCUT2D eigenvalue weighted by Gasteiger charge is 2.50. The quantitative estimate of drug-likeness (QED) is 0.854. The van der Waals surface area contributed by atoms with Crippen molar-refractivity contribution in [3.05, 3.63) is 23.5 Å². The molecule has 2 fully saturated rings. The van der Waals surface area contributed by atoms with E-state index in [2.05, 4.69) is 11.1 Å². The van der Waals surface area contributed by atoms with Gasteiger partial charge in [0, 0.05) is 36.1 Å². The van der Waals surface area contributed by atoms with Gasteiger partial charge in [-0.1, -0.05) is 0 Å². The predicted molar refractivity (Wildman–Crippen MR) is 72.1 cm³/mol. The first kappa shape index (κ1) is 12.0. The minimum absolute atomic E-state index is 0.0117. The fraction of sp³-hybridized carbons (Fsp3) is 0.600. The van der Waals surface area contributed by atoms with E-state index in [0.717, 1.165) is 18.6 Å². The Morgan fingerprint density at radius 3 is 3.00 bits per heavy atom. The zero-order valence-corrected chi connectivity index (χ0v) is 11.5. The number of carbonyl (C=O) groups is 1. The first-order valence-corrected chi connectivity index (χ1v) is 7.24. The largest absolute Gasteiger partial charge is 0.483 e. The molecule has 0 aromatic carbocycles. The highest BCUT2D eigenvalue weighted by Crippen LogP contribution is 2.45. The molecule has 5 heteroatoms. The summed E-state index contributed by atoms with van der Waals surface area (Å²) in [4.78, 5) is 17.2. The molecule has 2 atom stereocenters. The van der Waals surface area contributed by atoms with Crippen LogP contribution < -0.4 is 4.74 Å². The summed E-state index contributed by atoms with van der Waals surface area (Å²) in [5.41, 5.74) is 2.00. The molecule has 1 aliphatic carbocycles. The number of pyridine rings is 1. The van der Waals surface area contributed by atoms with Gasteiger partial charge in [0.25, 0.3) is 0 Å². The molecule has 3 aliphatic rings. The lowest BCUT2D eigenvalue weighted by atomic mass is 9.94. The Hall–Kier alpha value is -1.78. The molecule has 2 aliphatic heterocycles. The topological polar surface area (TPSA) is 62.7 Å². The molecule has 0 bridgehead atoms. The van der Waals surface area contributed by atoms with Crippen LogP contribution >= 0.6 is 0 Å². The summed E-state index contributed by atoms with van der Waals surface area (Å²) in [6.07, 6.45) is 5.01. The Bertz CT molecular complexity index is 584. The highest BCUT2D eigenvalue weighted by molar-refractivity contribution is 5.66. The first-order valence-electron chi connectivity index (χ1n) is 7.24. The van der Waals surface area contributed by atoms with Crippen LogP contribution in [-0.2, 0) is 6.42 Å². The van der Waals surface area contributed by atoms with Crippen molar-refractivity contribution in [1.82, 2.24) is 9.88 Å². The number of fused-ring (bicyclic) bond motifs is 1. The first-order chi connectivity index (χ1) is 9.56. The van der Waals surface area contributed by atoms with E-state index in [1.165, 1.54) is 29.0 Å². The monoisotopic (exact) mass is 274 g/mol. The third-order valence-corrected chi connectivity index (χ3v) is 4.71. The number of ether oxygens (including phenoxy) is 1. The van der Waals surface area contributed by atoms with Gasteiger partial charge in [0.2, 0.25) is 0 Å². The number of likely N-dealkylation sites (tertiary alicyclic amines) is 1. The van der Waals surface area contributed by atoms with Crippen LogP contribution in [0.1, 0.15) is 43.4 Å². The normalized spacial score (nSPS) is 31.4. The Balaban J connectivity index is 1.60. The van der Waals surface area contributed by atoms with Gasteiger partial charge in [-0.3, -0.25) is 4.98 Å². The van der Waals surface area contributed by atoms with Crippen molar-refractivity contribution in [2.24, 2.45) is 0 Å². The molecule has 1 saturated carbocycles. The Morgan fingerprint density at radius 1 is 1.55 bits per heavy atom. The average molecular weight is 274 g/mol. The van der Waals surface area contributed by atoms with Crippen LogP contribution in [0.5, 0.6) is 5.75 Å². The Morgan fingerprint density at radius 2 is 2.35 bits per heavy atom. The molecule has 1 aromatic rings. The van der Waals surface area contributed by atoms with Crippen LogP contribution in [0.4, 0.5) is 4.79 Å². The molecular formula is C15H18N2O3. The SMILES string of the molecule is C[C@H]1C[C@]2(Cc3cc(C4CC4)ncc3O2)CN1C(=O)O. The average Bonchev–Trinajstić information content (AvgIpc) is 3.11. The second-order valence-corrected chi connectivity index (χ2v) is 6.42. The van der Waals surface area contributed by atoms with E-state index in [0.29, 0.717) is 12.5 Å². The van der Waals surface area contributed by atoms with Crippen molar-refractivity contribution < 1.29 is 14.6 Å². The molecule has 4 rings (SSSR count). The van der Waals surface area contributed by atoms with Gasteiger partial charge in [-0.25, -0.2) is 4.79 Å². The lowest BCUT2D eigenvalue weighted by Gasteiger charge is -2.22. The van der Waals surface area contributed by atoms with Crippen molar-refractivity contribution in [3.63, 3.8) is 0 Å². The number of aromatic nitrogens is 1. The van der Waals surface area contributed by atoms with Gasteiger partial charge >= 0.3 is 6.09 Å². The van der Waals surface area contributed by atoms with Crippen LogP contribution in [0.15, 0.2) is 12.3 Å². The maximum Gasteiger partial charge on any atom is 0.407 e. The molecule has 1 spiro atoms. The Labute approximate surface area is 117 Å². The number of amides is 1. The van der Waals surface area contributed by atoms with E-state index in [1.54, 1.807) is 0 Å². The Kier molecular flexibility index (Phi) is 2.32. The standard InChI is InChI=1S/C15H18N2O3/c1-9-5-15(8-17(9)14(18)19)6-11-4-12(10-2-3-10)16-7-13(11)20-15/h4,7,9-10H,2-3,5-6,8H2,1H3,(H,18,19)/t9-,15-/m0/s1. The van der Waals surface area contributed by atoms with E-state index < -0.39 is 6.09 Å². The molecule has 0 radical (unpaired) electrons. The van der Waals surface area contributed by atoms with E-state index in [1.807, 2.05) is 13.1 Å². The van der Waals surface area contributed by atoms with Gasteiger partial charge in [0.05, 0.1) is 12.7 Å². The lowest BCUT2D eigenvalue weighted by molar-refractivity contribution is 0.0960. The van der Waals surface area contributed by atoms with Gasteiger partial charge in [-0.05, 0) is 25.8 Å². The smallest absolute Gasteiger partial charge is 0.407 e. The molecule has 0 unspecified atom stereocenters. The van der Waals surface area contributed by atoms with Gasteiger partial charge < -0.3 is 14.7 Å². The van der Waals surface area contributed by atoms with E-state index in [4.69, 9.17) is 4.74 Å². The van der Waals surface area contributed by atoms with E-state index in [-0.39, 0.29) is 11.6 Å². The molecule has 1 saturated heterocycles. The fourth-order valence-corrected chi connectivity index (χ4v) is 3.59. The summed E-state index contributed by atoms with van der Waals surface area (Å²) in [6.45, 7) is 2.40. The molecular weight excluding hydrogens is 256 g/mol. The second kappa shape index (κ2) is 3.87. The lowest BCUT2D eigenvalue weighted by Crippen LogP contribution is -2.39. The minimum atomic E-state index is -0.856. The summed E-state index contributed by atoms with van der Waals surface area (Å²) < 4.78 is 6.09. The summed E-state index contributed by atoms with van der Waals surface area (Å²) in [6, 6.07) is 2.17. The molecule has 20 heavy (non-hydrogen) atoms. The molecule has 106 valence electrons. The molecule has 1 aromatic heterocycles. The van der Waals surface area contributed by atoms with Gasteiger partial charge in [0.1, 0.15) is 11.4 Å². The van der Waals surface area contributed by atoms with Crippen molar-refractivity contribution in [2.75, 3.05) is 6.54 Å². The maximum atomic E-state index is 11.2. The van der Waals surface area contributed by atoms with E-state index >= 15 is 0 Å². The van der Waals surface area contributed by atoms with Crippen LogP contribution in [0.25, 0.3) is 0 Å². The van der Waals surface area contributed by atoms with Crippen LogP contribution in [0.2, 0.25) is 0 Å². The highest BCUT2D eigenvalue weighted by atomic mass is 16.5. The van der Waals surface area contributed by atoms with Crippen molar-refractivity contribution in [1.29, 1.82) is 0 Å². The van der Waals surface area contributed by atoms with Crippen molar-refractivity contribution in [2.45, 2.75) is 50.2 Å². The molecule has 3 heterocycles. The third kappa shape index (κ3) is 1.76. The number of hydrogen-bond donors (Lipinski definition) is 1. The van der Waals surface area contributed by atoms with Crippen LogP contribution in [-0.4, -0.2) is 39.3 Å². The van der Waals surface area contributed by atoms with Crippen LogP contribution in [0.3, 0.4) is 0 Å². The van der Waals surface area contributed by atoms with E-state index in [9.17, 15) is 9.90 Å². The summed E-state index contributed by atoms with van der Waals surface area (Å²) >= 11 is 0. The third-order valence-electron chi connectivity index (χ3n) is 4.71. The van der Waals surface area contributed by atoms with Crippen molar-refractivity contribution in [3.8, 4) is 5.75 Å². The number of nitrogens with zero attached hydrogens (tertiary/aromatic N) is 2. The summed E-state index contributed by atoms with van der Waals surface area (Å²) in [5, 5.41) is 9.23. The second-order valence-electron chi connectivity index (χ2n) is 6.42. The molecule has 5 nitrogen and oxygen atoms in total. The zero-order chi connectivity index (χ0) is 13.9. The zero-order valence-electron chi connectivity index (χ0n) is 11.5. The predicted octanol–water partition coefficient (Wildman–Crippen LogP) is 2.40. The van der Waals surface area contributed by atoms with Crippen LogP contribution in [0, 0.1) is 0 Å².